The fourth-order valence-corrected chi connectivity index (χ4v) is 6.30. The first-order chi connectivity index (χ1) is 13.5. The van der Waals surface area contributed by atoms with Crippen LogP contribution in [0.3, 0.4) is 0 Å². The lowest BCUT2D eigenvalue weighted by atomic mass is 9.88. The molecule has 2 unspecified atom stereocenters. The molecule has 8 heteroatoms. The van der Waals surface area contributed by atoms with Gasteiger partial charge in [-0.25, -0.2) is 8.42 Å². The molecule has 1 aromatic carbocycles. The fraction of sp³-hybridized carbons (Fsp3) is 0.650. The van der Waals surface area contributed by atoms with Gasteiger partial charge in [0.15, 0.2) is 0 Å². The van der Waals surface area contributed by atoms with Crippen LogP contribution in [0.25, 0.3) is 0 Å². The number of halogens is 1. The van der Waals surface area contributed by atoms with Crippen LogP contribution in [-0.4, -0.2) is 61.9 Å². The molecule has 3 fully saturated rings. The van der Waals surface area contributed by atoms with E-state index in [9.17, 15) is 13.2 Å². The Labute approximate surface area is 171 Å². The van der Waals surface area contributed by atoms with Gasteiger partial charge in [0, 0.05) is 30.6 Å². The number of carbonyl (C=O) groups excluding carboxylic acids is 1. The van der Waals surface area contributed by atoms with Gasteiger partial charge in [-0.15, -0.1) is 0 Å². The predicted octanol–water partition coefficient (Wildman–Crippen LogP) is 2.91. The Morgan fingerprint density at radius 2 is 1.68 bits per heavy atom. The molecule has 0 aromatic heterocycles. The number of sulfonamides is 1. The maximum absolute atomic E-state index is 13.2. The molecule has 2 aliphatic heterocycles. The summed E-state index contributed by atoms with van der Waals surface area (Å²) in [6.45, 7) is 2.01. The number of nitrogens with zero attached hydrogens (tertiary/aromatic N) is 2. The molecule has 0 spiro atoms. The van der Waals surface area contributed by atoms with Gasteiger partial charge in [0.05, 0.1) is 23.6 Å². The molecule has 0 radical (unpaired) electrons. The van der Waals surface area contributed by atoms with E-state index in [4.69, 9.17) is 16.3 Å². The number of rotatable bonds is 3. The topological polar surface area (TPSA) is 66.9 Å². The molecule has 2 saturated heterocycles. The lowest BCUT2D eigenvalue weighted by molar-refractivity contribution is -0.154. The van der Waals surface area contributed by atoms with Gasteiger partial charge in [-0.1, -0.05) is 24.4 Å². The van der Waals surface area contributed by atoms with E-state index in [-0.39, 0.29) is 28.9 Å². The number of hydrogen-bond donors (Lipinski definition) is 0. The van der Waals surface area contributed by atoms with Crippen molar-refractivity contribution in [1.82, 2.24) is 9.21 Å². The Hall–Kier alpha value is -1.15. The minimum absolute atomic E-state index is 0.0997. The lowest BCUT2D eigenvalue weighted by Gasteiger charge is -2.45. The first kappa shape index (κ1) is 20.1. The third-order valence-corrected chi connectivity index (χ3v) is 8.43. The average Bonchev–Trinajstić information content (AvgIpc) is 2.73. The smallest absolute Gasteiger partial charge is 0.243 e. The average molecular weight is 427 g/mol. The van der Waals surface area contributed by atoms with Gasteiger partial charge in [0.25, 0.3) is 0 Å². The molecule has 3 aliphatic rings. The van der Waals surface area contributed by atoms with E-state index in [1.807, 2.05) is 4.90 Å². The van der Waals surface area contributed by atoms with Gasteiger partial charge >= 0.3 is 0 Å². The van der Waals surface area contributed by atoms with Gasteiger partial charge in [0.2, 0.25) is 15.9 Å². The minimum atomic E-state index is -3.54. The molecule has 4 rings (SSSR count). The Bertz CT molecular complexity index is 804. The Balaban J connectivity index is 1.39. The molecule has 2 atom stereocenters. The third-order valence-electron chi connectivity index (χ3n) is 6.27. The monoisotopic (exact) mass is 426 g/mol. The second-order valence-electron chi connectivity index (χ2n) is 7.92. The second kappa shape index (κ2) is 8.30. The molecular weight excluding hydrogens is 400 g/mol. The number of amides is 1. The first-order valence-electron chi connectivity index (χ1n) is 10.1. The molecule has 1 amide bonds. The van der Waals surface area contributed by atoms with Crippen LogP contribution in [0.2, 0.25) is 5.02 Å². The van der Waals surface area contributed by atoms with E-state index < -0.39 is 10.0 Å². The van der Waals surface area contributed by atoms with Crippen molar-refractivity contribution in [3.63, 3.8) is 0 Å². The highest BCUT2D eigenvalue weighted by molar-refractivity contribution is 7.89. The largest absolute Gasteiger partial charge is 0.374 e. The summed E-state index contributed by atoms with van der Waals surface area (Å²) in [4.78, 5) is 15.4. The van der Waals surface area contributed by atoms with Crippen molar-refractivity contribution in [3.8, 4) is 0 Å². The van der Waals surface area contributed by atoms with E-state index in [0.29, 0.717) is 44.1 Å². The molecule has 0 bridgehead atoms. The molecule has 2 heterocycles. The van der Waals surface area contributed by atoms with Crippen molar-refractivity contribution in [2.75, 3.05) is 26.2 Å². The van der Waals surface area contributed by atoms with Crippen molar-refractivity contribution in [2.24, 2.45) is 5.92 Å². The van der Waals surface area contributed by atoms with Gasteiger partial charge in [0.1, 0.15) is 0 Å². The zero-order valence-corrected chi connectivity index (χ0v) is 17.5. The maximum atomic E-state index is 13.2. The summed E-state index contributed by atoms with van der Waals surface area (Å²) in [5.41, 5.74) is 0. The van der Waals surface area contributed by atoms with Crippen LogP contribution in [0.5, 0.6) is 0 Å². The highest BCUT2D eigenvalue weighted by Crippen LogP contribution is 2.32. The molecular formula is C20H27ClN2O4S. The summed E-state index contributed by atoms with van der Waals surface area (Å²) < 4.78 is 33.0. The lowest BCUT2D eigenvalue weighted by Crippen LogP contribution is -2.57. The van der Waals surface area contributed by atoms with Crippen LogP contribution in [0.4, 0.5) is 0 Å². The minimum Gasteiger partial charge on any atom is -0.374 e. The summed E-state index contributed by atoms with van der Waals surface area (Å²) in [5.74, 6) is 0.0843. The highest BCUT2D eigenvalue weighted by atomic mass is 35.5. The van der Waals surface area contributed by atoms with Crippen molar-refractivity contribution < 1.29 is 17.9 Å². The van der Waals surface area contributed by atoms with Crippen LogP contribution < -0.4 is 0 Å². The number of ether oxygens (including phenoxy) is 1. The van der Waals surface area contributed by atoms with Crippen molar-refractivity contribution in [3.05, 3.63) is 29.3 Å². The summed E-state index contributed by atoms with van der Waals surface area (Å²) >= 11 is 5.86. The molecule has 1 aliphatic carbocycles. The van der Waals surface area contributed by atoms with Crippen LogP contribution in [-0.2, 0) is 19.6 Å². The first-order valence-corrected chi connectivity index (χ1v) is 12.0. The van der Waals surface area contributed by atoms with Crippen LogP contribution >= 0.6 is 11.6 Å². The zero-order valence-electron chi connectivity index (χ0n) is 15.9. The van der Waals surface area contributed by atoms with Crippen LogP contribution in [0.1, 0.15) is 38.5 Å². The maximum Gasteiger partial charge on any atom is 0.243 e. The van der Waals surface area contributed by atoms with Crippen molar-refractivity contribution in [2.45, 2.75) is 55.6 Å². The highest BCUT2D eigenvalue weighted by Gasteiger charge is 2.40. The number of fused-ring (bicyclic) bond motifs is 1. The molecule has 1 aromatic rings. The second-order valence-corrected chi connectivity index (χ2v) is 10.3. The number of hydrogen-bond acceptors (Lipinski definition) is 4. The zero-order chi connectivity index (χ0) is 19.7. The molecule has 6 nitrogen and oxygen atoms in total. The summed E-state index contributed by atoms with van der Waals surface area (Å²) in [6, 6.07) is 6.44. The number of benzene rings is 1. The standard InChI is InChI=1S/C20H27ClN2O4S/c21-16-5-7-17(8-6-16)28(25,26)22-11-9-15(10-12-22)20(24)23-13-14-27-19-4-2-1-3-18(19)23/h5-8,15,18-19H,1-4,9-14H2. The van der Waals surface area contributed by atoms with E-state index in [0.717, 1.165) is 19.3 Å². The van der Waals surface area contributed by atoms with E-state index in [1.165, 1.54) is 22.9 Å². The summed E-state index contributed by atoms with van der Waals surface area (Å²) in [6.07, 6.45) is 5.68. The van der Waals surface area contributed by atoms with E-state index in [1.54, 1.807) is 12.1 Å². The van der Waals surface area contributed by atoms with E-state index in [2.05, 4.69) is 0 Å². The van der Waals surface area contributed by atoms with Gasteiger partial charge in [-0.05, 0) is 49.9 Å². The van der Waals surface area contributed by atoms with Crippen molar-refractivity contribution >= 4 is 27.5 Å². The molecule has 0 N–H and O–H groups in total. The normalized spacial score (nSPS) is 27.4. The Morgan fingerprint density at radius 3 is 2.39 bits per heavy atom. The third kappa shape index (κ3) is 3.95. The van der Waals surface area contributed by atoms with Crippen molar-refractivity contribution in [1.29, 1.82) is 0 Å². The number of piperidine rings is 1. The molecule has 1 saturated carbocycles. The van der Waals surface area contributed by atoms with Crippen LogP contribution in [0.15, 0.2) is 29.2 Å². The quantitative estimate of drug-likeness (QED) is 0.745. The Kier molecular flexibility index (Phi) is 5.97. The van der Waals surface area contributed by atoms with Gasteiger partial charge in [-0.2, -0.15) is 4.31 Å². The molecule has 154 valence electrons. The number of carbonyl (C=O) groups is 1. The van der Waals surface area contributed by atoms with Crippen LogP contribution in [0, 0.1) is 5.92 Å². The number of morpholine rings is 1. The SMILES string of the molecule is O=C(C1CCN(S(=O)(=O)c2ccc(Cl)cc2)CC1)N1CCOC2CCCCC21. The Morgan fingerprint density at radius 1 is 1.00 bits per heavy atom. The fourth-order valence-electron chi connectivity index (χ4n) is 4.70. The van der Waals surface area contributed by atoms with E-state index >= 15 is 0 Å². The summed E-state index contributed by atoms with van der Waals surface area (Å²) in [7, 11) is -3.54. The van der Waals surface area contributed by atoms with Gasteiger partial charge in [-0.3, -0.25) is 4.79 Å². The predicted molar refractivity (Wildman–Crippen MR) is 107 cm³/mol. The van der Waals surface area contributed by atoms with Gasteiger partial charge < -0.3 is 9.64 Å². The summed E-state index contributed by atoms with van der Waals surface area (Å²) in [5, 5.41) is 0.509. The molecule has 28 heavy (non-hydrogen) atoms.